The van der Waals surface area contributed by atoms with Crippen LogP contribution < -0.4 is 10.6 Å². The first kappa shape index (κ1) is 16.4. The van der Waals surface area contributed by atoms with Gasteiger partial charge in [0, 0.05) is 43.1 Å². The fourth-order valence-corrected chi connectivity index (χ4v) is 2.74. The van der Waals surface area contributed by atoms with Crippen LogP contribution in [0, 0.1) is 6.92 Å². The fraction of sp³-hybridized carbons (Fsp3) is 0.389. The van der Waals surface area contributed by atoms with E-state index in [1.165, 1.54) is 0 Å². The zero-order valence-corrected chi connectivity index (χ0v) is 14.0. The second kappa shape index (κ2) is 7.40. The van der Waals surface area contributed by atoms with Crippen molar-refractivity contribution in [1.29, 1.82) is 0 Å². The number of rotatable bonds is 5. The fourth-order valence-electron chi connectivity index (χ4n) is 2.74. The van der Waals surface area contributed by atoms with Crippen LogP contribution in [0.1, 0.15) is 28.9 Å². The number of hydrogen-bond acceptors (Lipinski definition) is 5. The molecular formula is C18H22N4O2. The number of ether oxygens (including phenoxy) is 1. The first-order chi connectivity index (χ1) is 11.7. The maximum Gasteiger partial charge on any atom is 0.251 e. The van der Waals surface area contributed by atoms with Gasteiger partial charge in [0.2, 0.25) is 0 Å². The Morgan fingerprint density at radius 2 is 2.21 bits per heavy atom. The number of aromatic nitrogens is 2. The number of amides is 1. The third kappa shape index (κ3) is 3.89. The van der Waals surface area contributed by atoms with Crippen molar-refractivity contribution >= 4 is 11.7 Å². The van der Waals surface area contributed by atoms with Gasteiger partial charge >= 0.3 is 0 Å². The van der Waals surface area contributed by atoms with Crippen molar-refractivity contribution in [2.75, 3.05) is 25.5 Å². The second-order valence-electron chi connectivity index (χ2n) is 5.89. The van der Waals surface area contributed by atoms with Crippen LogP contribution in [0.15, 0.2) is 30.3 Å². The minimum absolute atomic E-state index is 0.103. The predicted octanol–water partition coefficient (Wildman–Crippen LogP) is 2.40. The number of benzene rings is 1. The monoisotopic (exact) mass is 326 g/mol. The second-order valence-corrected chi connectivity index (χ2v) is 5.89. The molecule has 1 saturated heterocycles. The Labute approximate surface area is 141 Å². The molecule has 1 aliphatic rings. The minimum Gasteiger partial charge on any atom is -0.376 e. The maximum absolute atomic E-state index is 12.4. The van der Waals surface area contributed by atoms with Gasteiger partial charge in [-0.1, -0.05) is 12.1 Å². The average molecular weight is 326 g/mol. The predicted molar refractivity (Wildman–Crippen MR) is 93.1 cm³/mol. The molecule has 0 radical (unpaired) electrons. The minimum atomic E-state index is -0.103. The lowest BCUT2D eigenvalue weighted by atomic mass is 10.1. The summed E-state index contributed by atoms with van der Waals surface area (Å²) in [6.07, 6.45) is 2.20. The highest BCUT2D eigenvalue weighted by molar-refractivity contribution is 5.95. The molecule has 0 bridgehead atoms. The topological polar surface area (TPSA) is 76.1 Å². The Hall–Kier alpha value is -2.47. The number of hydrogen-bond donors (Lipinski definition) is 2. The first-order valence-corrected chi connectivity index (χ1v) is 8.19. The summed E-state index contributed by atoms with van der Waals surface area (Å²) in [5, 5.41) is 5.96. The van der Waals surface area contributed by atoms with E-state index in [0.717, 1.165) is 36.5 Å². The van der Waals surface area contributed by atoms with E-state index in [2.05, 4.69) is 20.6 Å². The molecule has 1 amide bonds. The summed E-state index contributed by atoms with van der Waals surface area (Å²) in [7, 11) is 1.82. The number of carbonyl (C=O) groups is 1. The van der Waals surface area contributed by atoms with Crippen molar-refractivity contribution in [1.82, 2.24) is 15.3 Å². The van der Waals surface area contributed by atoms with Crippen LogP contribution in [-0.4, -0.2) is 42.2 Å². The summed E-state index contributed by atoms with van der Waals surface area (Å²) in [4.78, 5) is 21.3. The molecule has 0 aliphatic carbocycles. The number of carbonyl (C=O) groups excluding carboxylic acids is 1. The van der Waals surface area contributed by atoms with Crippen molar-refractivity contribution in [3.8, 4) is 11.4 Å². The number of nitrogens with one attached hydrogen (secondary N) is 2. The summed E-state index contributed by atoms with van der Waals surface area (Å²) in [5.41, 5.74) is 2.29. The highest BCUT2D eigenvalue weighted by Gasteiger charge is 2.17. The van der Waals surface area contributed by atoms with Gasteiger partial charge in [-0.2, -0.15) is 0 Å². The molecule has 2 aromatic rings. The van der Waals surface area contributed by atoms with Crippen molar-refractivity contribution in [3.63, 3.8) is 0 Å². The summed E-state index contributed by atoms with van der Waals surface area (Å²) in [6, 6.07) is 9.25. The summed E-state index contributed by atoms with van der Waals surface area (Å²) in [5.74, 6) is 1.26. The Bertz CT molecular complexity index is 727. The SMILES string of the molecule is CNc1cc(C)nc(-c2cccc(C(=O)NC[C@@H]3CCCO3)c2)n1. The molecule has 3 rings (SSSR count). The van der Waals surface area contributed by atoms with Crippen LogP contribution in [0.25, 0.3) is 11.4 Å². The first-order valence-electron chi connectivity index (χ1n) is 8.19. The largest absolute Gasteiger partial charge is 0.376 e. The van der Waals surface area contributed by atoms with E-state index in [4.69, 9.17) is 4.74 Å². The van der Waals surface area contributed by atoms with Crippen LogP contribution in [0.3, 0.4) is 0 Å². The summed E-state index contributed by atoms with van der Waals surface area (Å²) >= 11 is 0. The third-order valence-corrected chi connectivity index (χ3v) is 4.01. The van der Waals surface area contributed by atoms with E-state index in [0.29, 0.717) is 17.9 Å². The van der Waals surface area contributed by atoms with Gasteiger partial charge in [-0.05, 0) is 31.9 Å². The van der Waals surface area contributed by atoms with Gasteiger partial charge in [0.05, 0.1) is 6.10 Å². The lowest BCUT2D eigenvalue weighted by Crippen LogP contribution is -2.31. The molecular weight excluding hydrogens is 304 g/mol. The van der Waals surface area contributed by atoms with Gasteiger partial charge in [-0.15, -0.1) is 0 Å². The molecule has 0 unspecified atom stereocenters. The Balaban J connectivity index is 1.76. The van der Waals surface area contributed by atoms with Crippen molar-refractivity contribution in [2.24, 2.45) is 0 Å². The van der Waals surface area contributed by atoms with Gasteiger partial charge in [0.25, 0.3) is 5.91 Å². The molecule has 0 saturated carbocycles. The Kier molecular flexibility index (Phi) is 5.05. The smallest absolute Gasteiger partial charge is 0.251 e. The van der Waals surface area contributed by atoms with E-state index in [-0.39, 0.29) is 12.0 Å². The lowest BCUT2D eigenvalue weighted by molar-refractivity contribution is 0.0858. The Morgan fingerprint density at radius 1 is 1.33 bits per heavy atom. The number of anilines is 1. The molecule has 6 heteroatoms. The Morgan fingerprint density at radius 3 is 2.96 bits per heavy atom. The van der Waals surface area contributed by atoms with Gasteiger partial charge < -0.3 is 15.4 Å². The van der Waals surface area contributed by atoms with E-state index in [9.17, 15) is 4.79 Å². The van der Waals surface area contributed by atoms with Crippen LogP contribution in [-0.2, 0) is 4.74 Å². The van der Waals surface area contributed by atoms with Crippen molar-refractivity contribution in [3.05, 3.63) is 41.6 Å². The molecule has 2 N–H and O–H groups in total. The summed E-state index contributed by atoms with van der Waals surface area (Å²) in [6.45, 7) is 3.26. The maximum atomic E-state index is 12.4. The van der Waals surface area contributed by atoms with Crippen LogP contribution in [0.4, 0.5) is 5.82 Å². The highest BCUT2D eigenvalue weighted by Crippen LogP contribution is 2.19. The van der Waals surface area contributed by atoms with Crippen molar-refractivity contribution in [2.45, 2.75) is 25.9 Å². The third-order valence-electron chi connectivity index (χ3n) is 4.01. The zero-order valence-electron chi connectivity index (χ0n) is 14.0. The van der Waals surface area contributed by atoms with Crippen LogP contribution >= 0.6 is 0 Å². The quantitative estimate of drug-likeness (QED) is 0.882. The lowest BCUT2D eigenvalue weighted by Gasteiger charge is -2.11. The van der Waals surface area contributed by atoms with E-state index in [1.54, 1.807) is 6.07 Å². The molecule has 1 aliphatic heterocycles. The van der Waals surface area contributed by atoms with Crippen LogP contribution in [0.2, 0.25) is 0 Å². The van der Waals surface area contributed by atoms with Crippen LogP contribution in [0.5, 0.6) is 0 Å². The number of nitrogens with zero attached hydrogens (tertiary/aromatic N) is 2. The van der Waals surface area contributed by atoms with E-state index < -0.39 is 0 Å². The molecule has 24 heavy (non-hydrogen) atoms. The average Bonchev–Trinajstić information content (AvgIpc) is 3.12. The molecule has 2 heterocycles. The van der Waals surface area contributed by atoms with E-state index >= 15 is 0 Å². The van der Waals surface area contributed by atoms with Gasteiger partial charge in [-0.25, -0.2) is 9.97 Å². The molecule has 0 spiro atoms. The molecule has 1 aromatic carbocycles. The van der Waals surface area contributed by atoms with Gasteiger partial charge in [-0.3, -0.25) is 4.79 Å². The van der Waals surface area contributed by atoms with Gasteiger partial charge in [0.15, 0.2) is 5.82 Å². The molecule has 6 nitrogen and oxygen atoms in total. The zero-order chi connectivity index (χ0) is 16.9. The molecule has 1 fully saturated rings. The van der Waals surface area contributed by atoms with E-state index in [1.807, 2.05) is 38.2 Å². The normalized spacial score (nSPS) is 16.8. The summed E-state index contributed by atoms with van der Waals surface area (Å²) < 4.78 is 5.53. The van der Waals surface area contributed by atoms with Crippen molar-refractivity contribution < 1.29 is 9.53 Å². The number of aryl methyl sites for hydroxylation is 1. The molecule has 126 valence electrons. The molecule has 1 atom stereocenters. The van der Waals surface area contributed by atoms with Gasteiger partial charge in [0.1, 0.15) is 5.82 Å². The standard InChI is InChI=1S/C18H22N4O2/c1-12-9-16(19-2)22-17(21-12)13-5-3-6-14(10-13)18(23)20-11-15-7-4-8-24-15/h3,5-6,9-10,15H,4,7-8,11H2,1-2H3,(H,20,23)(H,19,21,22)/t15-/m0/s1. The molecule has 1 aromatic heterocycles. The highest BCUT2D eigenvalue weighted by atomic mass is 16.5.